The maximum Gasteiger partial charge on any atom is 0.358 e. The first-order valence-electron chi connectivity index (χ1n) is 18.3. The van der Waals surface area contributed by atoms with E-state index in [0.29, 0.717) is 12.2 Å². The van der Waals surface area contributed by atoms with Gasteiger partial charge in [0, 0.05) is 18.6 Å². The molecule has 9 heteroatoms. The maximum absolute atomic E-state index is 13.5. The summed E-state index contributed by atoms with van der Waals surface area (Å²) in [6.45, 7) is 2.82. The van der Waals surface area contributed by atoms with Crippen LogP contribution in [0.25, 0.3) is 0 Å². The fraction of sp³-hybridized carbons (Fsp3) is 0.289. The lowest BCUT2D eigenvalue weighted by Gasteiger charge is -2.49. The van der Waals surface area contributed by atoms with Crippen LogP contribution in [0.15, 0.2) is 152 Å². The largest absolute Gasteiger partial charge is 0.455 e. The molecular formula is C45H46O8S. The van der Waals surface area contributed by atoms with E-state index >= 15 is 0 Å². The predicted octanol–water partition coefficient (Wildman–Crippen LogP) is 8.80. The molecule has 0 saturated heterocycles. The Labute approximate surface area is 322 Å². The highest BCUT2D eigenvalue weighted by molar-refractivity contribution is 7.79. The van der Waals surface area contributed by atoms with Gasteiger partial charge in [-0.05, 0) is 40.8 Å². The van der Waals surface area contributed by atoms with Gasteiger partial charge in [0.25, 0.3) is 0 Å². The summed E-state index contributed by atoms with van der Waals surface area (Å²) in [5, 5.41) is -0.164. The highest BCUT2D eigenvalue weighted by atomic mass is 32.1. The zero-order valence-corrected chi connectivity index (χ0v) is 31.1. The van der Waals surface area contributed by atoms with Gasteiger partial charge in [-0.1, -0.05) is 146 Å². The molecule has 8 nitrogen and oxygen atoms in total. The molecule has 1 saturated carbocycles. The number of hydrogen-bond acceptors (Lipinski definition) is 9. The Morgan fingerprint density at radius 1 is 0.463 bits per heavy atom. The van der Waals surface area contributed by atoms with Crippen molar-refractivity contribution < 1.29 is 38.0 Å². The standard InChI is InChI=1S/C45H46O8S/c1-2-18-38(46)52-43-41(49-31-35-23-12-5-13-24-35)39(47-29-33-19-8-3-9-20-33)40(48-30-34-21-10-4-11-22-34)42(50-32-36-25-14-6-15-26-36)44(43)53-45(54)51-37-27-16-7-17-28-37/h3-17,19-28,39-44H,2,18,29-32H2,1H3/t39-,40-,41+,42+,43+,44-/m0/s1. The third kappa shape index (κ3) is 11.3. The van der Waals surface area contributed by atoms with Crippen LogP contribution >= 0.6 is 12.2 Å². The Bertz CT molecular complexity index is 1830. The average Bonchev–Trinajstić information content (AvgIpc) is 3.21. The molecule has 0 N–H and O–H groups in total. The molecule has 5 aromatic rings. The molecule has 0 aliphatic heterocycles. The van der Waals surface area contributed by atoms with Crippen molar-refractivity contribution in [3.8, 4) is 5.75 Å². The molecule has 0 radical (unpaired) electrons. The van der Waals surface area contributed by atoms with Gasteiger partial charge in [0.1, 0.15) is 30.2 Å². The van der Waals surface area contributed by atoms with E-state index in [1.807, 2.05) is 146 Å². The summed E-state index contributed by atoms with van der Waals surface area (Å²) in [5.74, 6) is 0.0870. The van der Waals surface area contributed by atoms with Crippen LogP contribution in [0.5, 0.6) is 5.75 Å². The van der Waals surface area contributed by atoms with E-state index in [9.17, 15) is 4.79 Å². The number of hydrogen-bond donors (Lipinski definition) is 0. The van der Waals surface area contributed by atoms with Gasteiger partial charge in [0.2, 0.25) is 0 Å². The molecule has 6 rings (SSSR count). The normalized spacial score (nSPS) is 20.8. The van der Waals surface area contributed by atoms with Crippen molar-refractivity contribution in [2.45, 2.75) is 82.8 Å². The lowest BCUT2D eigenvalue weighted by atomic mass is 9.83. The monoisotopic (exact) mass is 746 g/mol. The molecule has 0 unspecified atom stereocenters. The molecule has 1 fully saturated rings. The van der Waals surface area contributed by atoms with Gasteiger partial charge in [-0.25, -0.2) is 0 Å². The van der Waals surface area contributed by atoms with Crippen LogP contribution in [0.3, 0.4) is 0 Å². The van der Waals surface area contributed by atoms with Crippen LogP contribution in [-0.4, -0.2) is 47.8 Å². The van der Waals surface area contributed by atoms with Crippen molar-refractivity contribution >= 4 is 23.4 Å². The highest BCUT2D eigenvalue weighted by Crippen LogP contribution is 2.36. The summed E-state index contributed by atoms with van der Waals surface area (Å²) in [5.41, 5.74) is 3.78. The molecule has 0 heterocycles. The first kappa shape index (κ1) is 38.8. The molecule has 0 amide bonds. The molecular weight excluding hydrogens is 701 g/mol. The van der Waals surface area contributed by atoms with Gasteiger partial charge in [0.15, 0.2) is 12.2 Å². The Balaban J connectivity index is 1.43. The molecule has 54 heavy (non-hydrogen) atoms. The minimum absolute atomic E-state index is 0.164. The van der Waals surface area contributed by atoms with E-state index in [1.54, 1.807) is 12.1 Å². The van der Waals surface area contributed by atoms with Crippen molar-refractivity contribution in [2.24, 2.45) is 0 Å². The Morgan fingerprint density at radius 3 is 1.13 bits per heavy atom. The minimum Gasteiger partial charge on any atom is -0.455 e. The molecule has 1 aliphatic rings. The quantitative estimate of drug-likeness (QED) is 0.0685. The van der Waals surface area contributed by atoms with Crippen molar-refractivity contribution in [1.82, 2.24) is 0 Å². The van der Waals surface area contributed by atoms with E-state index in [2.05, 4.69) is 0 Å². The van der Waals surface area contributed by atoms with Crippen LogP contribution in [0.2, 0.25) is 0 Å². The first-order valence-corrected chi connectivity index (χ1v) is 18.7. The number of carbonyl (C=O) groups excluding carboxylic acids is 1. The molecule has 0 aromatic heterocycles. The number of ether oxygens (including phenoxy) is 7. The second-order valence-electron chi connectivity index (χ2n) is 13.0. The lowest BCUT2D eigenvalue weighted by molar-refractivity contribution is -0.275. The van der Waals surface area contributed by atoms with Crippen molar-refractivity contribution in [3.63, 3.8) is 0 Å². The van der Waals surface area contributed by atoms with Crippen LogP contribution in [0.4, 0.5) is 0 Å². The molecule has 1 aliphatic carbocycles. The maximum atomic E-state index is 13.5. The van der Waals surface area contributed by atoms with E-state index in [0.717, 1.165) is 22.3 Å². The van der Waals surface area contributed by atoms with E-state index < -0.39 is 42.6 Å². The van der Waals surface area contributed by atoms with Gasteiger partial charge < -0.3 is 33.2 Å². The third-order valence-corrected chi connectivity index (χ3v) is 9.16. The van der Waals surface area contributed by atoms with Crippen LogP contribution < -0.4 is 4.74 Å². The number of para-hydroxylation sites is 1. The second-order valence-corrected chi connectivity index (χ2v) is 13.3. The first-order chi connectivity index (χ1) is 26.6. The fourth-order valence-corrected chi connectivity index (χ4v) is 6.56. The number of rotatable bonds is 17. The van der Waals surface area contributed by atoms with E-state index in [1.165, 1.54) is 0 Å². The van der Waals surface area contributed by atoms with Gasteiger partial charge in [0.05, 0.1) is 26.4 Å². The topological polar surface area (TPSA) is 81.7 Å². The van der Waals surface area contributed by atoms with Gasteiger partial charge in [-0.15, -0.1) is 0 Å². The fourth-order valence-electron chi connectivity index (χ4n) is 6.35. The lowest BCUT2D eigenvalue weighted by Crippen LogP contribution is -2.68. The van der Waals surface area contributed by atoms with Crippen molar-refractivity contribution in [2.75, 3.05) is 0 Å². The minimum atomic E-state index is -1.04. The molecule has 0 spiro atoms. The van der Waals surface area contributed by atoms with Gasteiger partial charge >= 0.3 is 11.2 Å². The average molecular weight is 747 g/mol. The van der Waals surface area contributed by atoms with E-state index in [-0.39, 0.29) is 38.1 Å². The highest BCUT2D eigenvalue weighted by Gasteiger charge is 2.57. The summed E-state index contributed by atoms with van der Waals surface area (Å²) in [7, 11) is 0. The Kier molecular flexibility index (Phi) is 14.8. The molecule has 5 aromatic carbocycles. The zero-order chi connectivity index (χ0) is 37.4. The molecule has 280 valence electrons. The smallest absolute Gasteiger partial charge is 0.358 e. The van der Waals surface area contributed by atoms with Crippen molar-refractivity contribution in [3.05, 3.63) is 174 Å². The Hall–Kier alpha value is -4.90. The second kappa shape index (κ2) is 20.5. The van der Waals surface area contributed by atoms with E-state index in [4.69, 9.17) is 45.4 Å². The predicted molar refractivity (Wildman–Crippen MR) is 209 cm³/mol. The summed E-state index contributed by atoms with van der Waals surface area (Å²) in [6.07, 6.45) is -4.61. The van der Waals surface area contributed by atoms with Gasteiger partial charge in [-0.3, -0.25) is 4.79 Å². The third-order valence-electron chi connectivity index (χ3n) is 8.98. The number of carbonyl (C=O) groups is 1. The summed E-state index contributed by atoms with van der Waals surface area (Å²) in [6, 6.07) is 48.5. The van der Waals surface area contributed by atoms with Crippen LogP contribution in [-0.2, 0) is 59.6 Å². The summed E-state index contributed by atoms with van der Waals surface area (Å²) in [4.78, 5) is 13.5. The van der Waals surface area contributed by atoms with Crippen molar-refractivity contribution in [1.29, 1.82) is 0 Å². The SMILES string of the molecule is CCCC(=O)O[C@@H]1[C@H](OCc2ccccc2)[C@@H](OCc2ccccc2)[C@H](OCc2ccccc2)[C@@H](OCc2ccccc2)[C@@H]1OC(=S)Oc1ccccc1. The molecule has 6 atom stereocenters. The van der Waals surface area contributed by atoms with Gasteiger partial charge in [-0.2, -0.15) is 0 Å². The summed E-state index contributed by atoms with van der Waals surface area (Å²) < 4.78 is 46.2. The number of benzene rings is 5. The summed E-state index contributed by atoms with van der Waals surface area (Å²) >= 11 is 5.72. The zero-order valence-electron chi connectivity index (χ0n) is 30.3. The Morgan fingerprint density at radius 2 is 0.778 bits per heavy atom. The molecule has 0 bridgehead atoms. The number of esters is 1. The van der Waals surface area contributed by atoms with Crippen LogP contribution in [0.1, 0.15) is 42.0 Å². The van der Waals surface area contributed by atoms with Crippen LogP contribution in [0, 0.1) is 0 Å². The number of thiocarbonyl (C=S) groups is 1.